The molecule has 3 heterocycles. The number of nitrogens with zero attached hydrogens (tertiary/aromatic N) is 4. The Morgan fingerprint density at radius 3 is 2.85 bits per heavy atom. The lowest BCUT2D eigenvalue weighted by Gasteiger charge is -2.34. The van der Waals surface area contributed by atoms with E-state index in [9.17, 15) is 13.6 Å². The van der Waals surface area contributed by atoms with Gasteiger partial charge in [0, 0.05) is 23.4 Å². The van der Waals surface area contributed by atoms with E-state index in [1.165, 1.54) is 28.8 Å². The van der Waals surface area contributed by atoms with Crippen molar-refractivity contribution in [3.05, 3.63) is 42.5 Å². The summed E-state index contributed by atoms with van der Waals surface area (Å²) in [5.74, 6) is -0.187. The van der Waals surface area contributed by atoms with E-state index in [4.69, 9.17) is 4.74 Å². The first-order chi connectivity index (χ1) is 12.5. The van der Waals surface area contributed by atoms with Crippen molar-refractivity contribution in [3.63, 3.8) is 0 Å². The molecule has 26 heavy (non-hydrogen) atoms. The highest BCUT2D eigenvalue weighted by Gasteiger charge is 2.30. The van der Waals surface area contributed by atoms with Gasteiger partial charge in [-0.3, -0.25) is 14.5 Å². The molecule has 134 valence electrons. The predicted octanol–water partition coefficient (Wildman–Crippen LogP) is 2.43. The van der Waals surface area contributed by atoms with Crippen LogP contribution in [0.15, 0.2) is 36.7 Å². The first-order valence-corrected chi connectivity index (χ1v) is 8.12. The lowest BCUT2D eigenvalue weighted by Crippen LogP contribution is -2.52. The number of hydrogen-bond acceptors (Lipinski definition) is 4. The fourth-order valence-corrected chi connectivity index (χ4v) is 2.99. The number of ether oxygens (including phenoxy) is 1. The minimum Gasteiger partial charge on any atom is -0.496 e. The molecule has 0 radical (unpaired) electrons. The van der Waals surface area contributed by atoms with Gasteiger partial charge in [-0.1, -0.05) is 0 Å². The standard InChI is InChI=1S/C18H16F2N4O2/c1-26-17-5-12(19)2-3-14(17)11-4-16-15(21-6-11)7-22-24(16)10-18(25)23-8-13(20)9-23/h2-7,13H,8-10H2,1H3. The smallest absolute Gasteiger partial charge is 0.244 e. The van der Waals surface area contributed by atoms with E-state index in [-0.39, 0.29) is 25.5 Å². The van der Waals surface area contributed by atoms with Crippen LogP contribution >= 0.6 is 0 Å². The van der Waals surface area contributed by atoms with Crippen molar-refractivity contribution >= 4 is 16.9 Å². The summed E-state index contributed by atoms with van der Waals surface area (Å²) in [6, 6.07) is 6.09. The van der Waals surface area contributed by atoms with Crippen LogP contribution in [-0.4, -0.2) is 51.9 Å². The molecule has 6 nitrogen and oxygen atoms in total. The van der Waals surface area contributed by atoms with Crippen molar-refractivity contribution in [1.29, 1.82) is 0 Å². The zero-order valence-corrected chi connectivity index (χ0v) is 14.0. The van der Waals surface area contributed by atoms with Crippen LogP contribution in [0.25, 0.3) is 22.2 Å². The third kappa shape index (κ3) is 2.87. The molecule has 0 saturated carbocycles. The Bertz CT molecular complexity index is 982. The third-order valence-electron chi connectivity index (χ3n) is 4.44. The van der Waals surface area contributed by atoms with Crippen LogP contribution in [0, 0.1) is 5.82 Å². The lowest BCUT2D eigenvalue weighted by molar-refractivity contribution is -0.139. The number of benzene rings is 1. The fraction of sp³-hybridized carbons (Fsp3) is 0.278. The van der Waals surface area contributed by atoms with E-state index in [0.717, 1.165) is 5.56 Å². The van der Waals surface area contributed by atoms with Gasteiger partial charge >= 0.3 is 0 Å². The van der Waals surface area contributed by atoms with Crippen LogP contribution in [0.4, 0.5) is 8.78 Å². The second-order valence-electron chi connectivity index (χ2n) is 6.17. The summed E-state index contributed by atoms with van der Waals surface area (Å²) in [6.07, 6.45) is 2.28. The Hall–Kier alpha value is -3.03. The number of rotatable bonds is 4. The summed E-state index contributed by atoms with van der Waals surface area (Å²) in [4.78, 5) is 18.0. The monoisotopic (exact) mass is 358 g/mol. The second-order valence-corrected chi connectivity index (χ2v) is 6.17. The number of alkyl halides is 1. The van der Waals surface area contributed by atoms with Crippen LogP contribution in [0.3, 0.4) is 0 Å². The van der Waals surface area contributed by atoms with Gasteiger partial charge in [0.1, 0.15) is 29.8 Å². The van der Waals surface area contributed by atoms with Crippen LogP contribution in [-0.2, 0) is 11.3 Å². The Balaban J connectivity index is 1.68. The zero-order chi connectivity index (χ0) is 18.3. The quantitative estimate of drug-likeness (QED) is 0.719. The Morgan fingerprint density at radius 2 is 2.12 bits per heavy atom. The molecule has 1 fully saturated rings. The average Bonchev–Trinajstić information content (AvgIpc) is 3.01. The number of halogens is 2. The van der Waals surface area contributed by atoms with Gasteiger partial charge in [0.25, 0.3) is 0 Å². The Morgan fingerprint density at radius 1 is 1.31 bits per heavy atom. The largest absolute Gasteiger partial charge is 0.496 e. The molecular formula is C18H16F2N4O2. The molecule has 1 saturated heterocycles. The van der Waals surface area contributed by atoms with Crippen molar-refractivity contribution < 1.29 is 18.3 Å². The van der Waals surface area contributed by atoms with E-state index in [2.05, 4.69) is 10.1 Å². The molecule has 0 aliphatic carbocycles. The van der Waals surface area contributed by atoms with Crippen molar-refractivity contribution in [3.8, 4) is 16.9 Å². The van der Waals surface area contributed by atoms with Gasteiger partial charge in [0.2, 0.25) is 5.91 Å². The molecule has 1 aliphatic rings. The highest BCUT2D eigenvalue weighted by atomic mass is 19.1. The molecule has 8 heteroatoms. The predicted molar refractivity (Wildman–Crippen MR) is 91.0 cm³/mol. The van der Waals surface area contributed by atoms with Crippen molar-refractivity contribution in [2.24, 2.45) is 0 Å². The number of hydrogen-bond donors (Lipinski definition) is 0. The second kappa shape index (κ2) is 6.36. The number of carbonyl (C=O) groups excluding carboxylic acids is 1. The Kier molecular flexibility index (Phi) is 4.02. The number of fused-ring (bicyclic) bond motifs is 1. The minimum atomic E-state index is -0.937. The maximum absolute atomic E-state index is 13.4. The number of pyridine rings is 1. The third-order valence-corrected chi connectivity index (χ3v) is 4.44. The number of likely N-dealkylation sites (tertiary alicyclic amines) is 1. The summed E-state index contributed by atoms with van der Waals surface area (Å²) in [5.41, 5.74) is 2.70. The Labute approximate surface area is 148 Å². The molecule has 0 N–H and O–H groups in total. The summed E-state index contributed by atoms with van der Waals surface area (Å²) >= 11 is 0. The minimum absolute atomic E-state index is 0.0158. The lowest BCUT2D eigenvalue weighted by atomic mass is 10.1. The molecule has 3 aromatic rings. The summed E-state index contributed by atoms with van der Waals surface area (Å²) in [6.45, 7) is 0.282. The van der Waals surface area contributed by atoms with E-state index in [1.54, 1.807) is 18.5 Å². The molecule has 1 aliphatic heterocycles. The van der Waals surface area contributed by atoms with Gasteiger partial charge in [0.05, 0.1) is 31.9 Å². The first kappa shape index (κ1) is 16.4. The molecule has 4 rings (SSSR count). The van der Waals surface area contributed by atoms with Crippen molar-refractivity contribution in [2.45, 2.75) is 12.7 Å². The fourth-order valence-electron chi connectivity index (χ4n) is 2.99. The maximum Gasteiger partial charge on any atom is 0.244 e. The van der Waals surface area contributed by atoms with Crippen LogP contribution in [0.2, 0.25) is 0 Å². The van der Waals surface area contributed by atoms with Gasteiger partial charge in [-0.15, -0.1) is 0 Å². The highest BCUT2D eigenvalue weighted by Crippen LogP contribution is 2.31. The van der Waals surface area contributed by atoms with Gasteiger partial charge in [-0.2, -0.15) is 5.10 Å². The van der Waals surface area contributed by atoms with Crippen LogP contribution < -0.4 is 4.74 Å². The van der Waals surface area contributed by atoms with E-state index in [1.807, 2.05) is 6.07 Å². The number of amides is 1. The SMILES string of the molecule is COc1cc(F)ccc1-c1cnc2cnn(CC(=O)N3CC(F)C3)c2c1. The molecule has 0 bridgehead atoms. The van der Waals surface area contributed by atoms with Crippen molar-refractivity contribution in [1.82, 2.24) is 19.7 Å². The molecule has 2 aromatic heterocycles. The molecule has 0 unspecified atom stereocenters. The number of aromatic nitrogens is 3. The maximum atomic E-state index is 13.4. The van der Waals surface area contributed by atoms with Crippen LogP contribution in [0.1, 0.15) is 0 Å². The normalized spacial score (nSPS) is 14.5. The van der Waals surface area contributed by atoms with Gasteiger partial charge in [-0.25, -0.2) is 8.78 Å². The highest BCUT2D eigenvalue weighted by molar-refractivity contribution is 5.84. The first-order valence-electron chi connectivity index (χ1n) is 8.12. The number of carbonyl (C=O) groups is 1. The molecule has 0 atom stereocenters. The van der Waals surface area contributed by atoms with Crippen LogP contribution in [0.5, 0.6) is 5.75 Å². The van der Waals surface area contributed by atoms with Gasteiger partial charge < -0.3 is 9.64 Å². The average molecular weight is 358 g/mol. The van der Waals surface area contributed by atoms with E-state index >= 15 is 0 Å². The molecule has 1 aromatic carbocycles. The number of methoxy groups -OCH3 is 1. The summed E-state index contributed by atoms with van der Waals surface area (Å²) in [5, 5.41) is 4.21. The van der Waals surface area contributed by atoms with E-state index in [0.29, 0.717) is 22.3 Å². The van der Waals surface area contributed by atoms with Gasteiger partial charge in [0.15, 0.2) is 0 Å². The van der Waals surface area contributed by atoms with Crippen molar-refractivity contribution in [2.75, 3.05) is 20.2 Å². The molecular weight excluding hydrogens is 342 g/mol. The summed E-state index contributed by atoms with van der Waals surface area (Å²) < 4.78 is 33.1. The zero-order valence-electron chi connectivity index (χ0n) is 14.0. The molecule has 0 spiro atoms. The van der Waals surface area contributed by atoms with Gasteiger partial charge in [-0.05, 0) is 18.2 Å². The topological polar surface area (TPSA) is 60.3 Å². The molecule has 1 amide bonds. The van der Waals surface area contributed by atoms with E-state index < -0.39 is 12.0 Å². The summed E-state index contributed by atoms with van der Waals surface area (Å²) in [7, 11) is 1.47.